The lowest BCUT2D eigenvalue weighted by molar-refractivity contribution is 0.252. The van der Waals surface area contributed by atoms with Crippen LogP contribution in [0.25, 0.3) is 0 Å². The van der Waals surface area contributed by atoms with Crippen LogP contribution in [-0.4, -0.2) is 60.2 Å². The van der Waals surface area contributed by atoms with Gasteiger partial charge in [-0.1, -0.05) is 24.6 Å². The van der Waals surface area contributed by atoms with Gasteiger partial charge in [-0.25, -0.2) is 9.78 Å². The third-order valence-electron chi connectivity index (χ3n) is 5.30. The van der Waals surface area contributed by atoms with Crippen LogP contribution in [0.1, 0.15) is 24.8 Å². The maximum Gasteiger partial charge on any atom is 0.326 e. The molecule has 2 heterocycles. The summed E-state index contributed by atoms with van der Waals surface area (Å²) in [5, 5.41) is 5.33. The molecule has 30 heavy (non-hydrogen) atoms. The molecule has 1 aliphatic heterocycles. The lowest BCUT2D eigenvalue weighted by Gasteiger charge is -2.35. The number of aromatic nitrogens is 2. The number of anilines is 3. The van der Waals surface area contributed by atoms with E-state index in [9.17, 15) is 9.59 Å². The van der Waals surface area contributed by atoms with Gasteiger partial charge in [-0.3, -0.25) is 20.0 Å². The monoisotopic (exact) mass is 413 g/mol. The largest absolute Gasteiger partial charge is 0.363 e. The Morgan fingerprint density at radius 3 is 2.60 bits per heavy atom. The Hall–Kier alpha value is -2.91. The summed E-state index contributed by atoms with van der Waals surface area (Å²) < 4.78 is 0. The predicted molar refractivity (Wildman–Crippen MR) is 120 cm³/mol. The van der Waals surface area contributed by atoms with Crippen molar-refractivity contribution in [2.45, 2.75) is 26.2 Å². The van der Waals surface area contributed by atoms with E-state index >= 15 is 0 Å². The number of nitrogens with one attached hydrogen (secondary N) is 3. The number of urea groups is 1. The van der Waals surface area contributed by atoms with E-state index in [0.717, 1.165) is 64.1 Å². The molecule has 1 aromatic carbocycles. The molecule has 9 heteroatoms. The lowest BCUT2D eigenvalue weighted by atomic mass is 10.2. The van der Waals surface area contributed by atoms with E-state index in [1.54, 1.807) is 0 Å². The highest BCUT2D eigenvalue weighted by atomic mass is 16.2. The fourth-order valence-corrected chi connectivity index (χ4v) is 3.52. The van der Waals surface area contributed by atoms with Crippen molar-refractivity contribution in [3.05, 3.63) is 46.4 Å². The van der Waals surface area contributed by atoms with Crippen molar-refractivity contribution in [2.75, 3.05) is 54.8 Å². The topological polar surface area (TPSA) is 119 Å². The van der Waals surface area contributed by atoms with Crippen molar-refractivity contribution in [1.29, 1.82) is 0 Å². The smallest absolute Gasteiger partial charge is 0.326 e. The number of unbranched alkanes of at least 4 members (excludes halogenated alkanes) is 2. The molecule has 0 spiro atoms. The molecule has 0 saturated carbocycles. The van der Waals surface area contributed by atoms with E-state index < -0.39 is 6.03 Å². The first-order chi connectivity index (χ1) is 14.6. The van der Waals surface area contributed by atoms with Gasteiger partial charge in [0.15, 0.2) is 0 Å². The fourth-order valence-electron chi connectivity index (χ4n) is 3.52. The number of hydrogen-bond donors (Lipinski definition) is 4. The number of carbonyl (C=O) groups is 1. The van der Waals surface area contributed by atoms with E-state index in [4.69, 9.17) is 5.73 Å². The molecule has 1 fully saturated rings. The number of H-pyrrole nitrogens is 1. The third-order valence-corrected chi connectivity index (χ3v) is 5.30. The van der Waals surface area contributed by atoms with Gasteiger partial charge in [0.1, 0.15) is 5.69 Å². The zero-order chi connectivity index (χ0) is 21.3. The minimum absolute atomic E-state index is 0.119. The van der Waals surface area contributed by atoms with Gasteiger partial charge in [0.25, 0.3) is 5.56 Å². The zero-order valence-corrected chi connectivity index (χ0v) is 17.5. The molecule has 5 N–H and O–H groups in total. The third kappa shape index (κ3) is 6.04. The van der Waals surface area contributed by atoms with Crippen LogP contribution in [0.4, 0.5) is 22.1 Å². The van der Waals surface area contributed by atoms with Gasteiger partial charge >= 0.3 is 6.03 Å². The van der Waals surface area contributed by atoms with Crippen LogP contribution in [0.5, 0.6) is 0 Å². The molecule has 1 saturated heterocycles. The van der Waals surface area contributed by atoms with Gasteiger partial charge in [-0.05, 0) is 44.5 Å². The first kappa shape index (κ1) is 21.8. The Bertz CT molecular complexity index is 891. The van der Waals surface area contributed by atoms with Crippen LogP contribution in [0, 0.1) is 6.92 Å². The van der Waals surface area contributed by atoms with Crippen molar-refractivity contribution in [3.63, 3.8) is 0 Å². The molecule has 1 aliphatic rings. The zero-order valence-electron chi connectivity index (χ0n) is 17.5. The summed E-state index contributed by atoms with van der Waals surface area (Å²) in [5.41, 5.74) is 7.46. The van der Waals surface area contributed by atoms with E-state index in [1.165, 1.54) is 6.20 Å². The number of aromatic amines is 1. The number of para-hydroxylation sites is 1. The van der Waals surface area contributed by atoms with Gasteiger partial charge in [0.05, 0.1) is 6.20 Å². The highest BCUT2D eigenvalue weighted by molar-refractivity contribution is 5.99. The molecule has 0 aliphatic carbocycles. The molecule has 9 nitrogen and oxygen atoms in total. The molecule has 2 aromatic rings. The highest BCUT2D eigenvalue weighted by Gasteiger charge is 2.19. The highest BCUT2D eigenvalue weighted by Crippen LogP contribution is 2.14. The van der Waals surface area contributed by atoms with Gasteiger partial charge in [-0.2, -0.15) is 0 Å². The van der Waals surface area contributed by atoms with Crippen LogP contribution in [0.15, 0.2) is 35.3 Å². The summed E-state index contributed by atoms with van der Waals surface area (Å²) in [6.45, 7) is 7.12. The molecule has 3 rings (SSSR count). The van der Waals surface area contributed by atoms with Crippen molar-refractivity contribution >= 4 is 23.4 Å². The first-order valence-electron chi connectivity index (χ1n) is 10.5. The van der Waals surface area contributed by atoms with Crippen LogP contribution >= 0.6 is 0 Å². The summed E-state index contributed by atoms with van der Waals surface area (Å²) in [4.78, 5) is 36.0. The van der Waals surface area contributed by atoms with E-state index in [1.807, 2.05) is 36.1 Å². The van der Waals surface area contributed by atoms with Gasteiger partial charge in [0.2, 0.25) is 5.95 Å². The van der Waals surface area contributed by atoms with Crippen molar-refractivity contribution in [3.8, 4) is 0 Å². The van der Waals surface area contributed by atoms with Crippen molar-refractivity contribution < 1.29 is 4.79 Å². The second-order valence-electron chi connectivity index (χ2n) is 7.52. The van der Waals surface area contributed by atoms with Gasteiger partial charge in [-0.15, -0.1) is 0 Å². The molecule has 162 valence electrons. The number of piperazine rings is 1. The summed E-state index contributed by atoms with van der Waals surface area (Å²) in [5.74, 6) is 0.119. The molecular formula is C21H31N7O2. The molecule has 1 aromatic heterocycles. The van der Waals surface area contributed by atoms with Crippen molar-refractivity contribution in [2.24, 2.45) is 5.73 Å². The average molecular weight is 414 g/mol. The van der Waals surface area contributed by atoms with Crippen LogP contribution in [-0.2, 0) is 0 Å². The minimum atomic E-state index is -0.455. The van der Waals surface area contributed by atoms with E-state index in [2.05, 4.69) is 25.5 Å². The van der Waals surface area contributed by atoms with Crippen molar-refractivity contribution in [1.82, 2.24) is 14.9 Å². The summed E-state index contributed by atoms with van der Waals surface area (Å²) in [6, 6.07) is 7.01. The quantitative estimate of drug-likeness (QED) is 0.491. The van der Waals surface area contributed by atoms with Crippen LogP contribution < -0.4 is 26.8 Å². The Labute approximate surface area is 176 Å². The number of hydrogen-bond acceptors (Lipinski definition) is 6. The van der Waals surface area contributed by atoms with Crippen LogP contribution in [0.2, 0.25) is 0 Å². The number of nitrogens with two attached hydrogens (primary N) is 1. The Kier molecular flexibility index (Phi) is 7.81. The summed E-state index contributed by atoms with van der Waals surface area (Å²) in [6.07, 6.45) is 4.92. The Morgan fingerprint density at radius 2 is 1.90 bits per heavy atom. The molecule has 0 unspecified atom stereocenters. The Balaban J connectivity index is 1.51. The number of benzene rings is 1. The summed E-state index contributed by atoms with van der Waals surface area (Å²) >= 11 is 0. The van der Waals surface area contributed by atoms with E-state index in [0.29, 0.717) is 11.4 Å². The Morgan fingerprint density at radius 1 is 1.13 bits per heavy atom. The SMILES string of the molecule is Cc1ccccc1NC(=O)Nc1ncc(N2CCN(CCCCCN)CC2)c(=O)[nH]1. The predicted octanol–water partition coefficient (Wildman–Crippen LogP) is 1.97. The molecular weight excluding hydrogens is 382 g/mol. The molecule has 0 radical (unpaired) electrons. The van der Waals surface area contributed by atoms with Gasteiger partial charge < -0.3 is 16.0 Å². The maximum absolute atomic E-state index is 12.5. The number of amides is 2. The second kappa shape index (κ2) is 10.7. The standard InChI is InChI=1S/C21H31N7O2/c1-16-7-3-4-8-17(16)24-21(30)26-20-23-15-18(19(29)25-20)28-13-11-27(12-14-28)10-6-2-5-9-22/h3-4,7-8,15H,2,5-6,9-14,22H2,1H3,(H3,23,24,25,26,29,30). The average Bonchev–Trinajstić information content (AvgIpc) is 2.74. The number of rotatable bonds is 8. The van der Waals surface area contributed by atoms with Gasteiger partial charge in [0, 0.05) is 31.9 Å². The minimum Gasteiger partial charge on any atom is -0.363 e. The molecule has 0 atom stereocenters. The van der Waals surface area contributed by atoms with E-state index in [-0.39, 0.29) is 11.5 Å². The van der Waals surface area contributed by atoms with Crippen LogP contribution in [0.3, 0.4) is 0 Å². The summed E-state index contributed by atoms with van der Waals surface area (Å²) in [7, 11) is 0. The fraction of sp³-hybridized carbons (Fsp3) is 0.476. The normalized spacial score (nSPS) is 14.5. The number of carbonyl (C=O) groups excluding carboxylic acids is 1. The number of nitrogens with zero attached hydrogens (tertiary/aromatic N) is 3. The molecule has 2 amide bonds. The number of aryl methyl sites for hydroxylation is 1. The molecule has 0 bridgehead atoms. The maximum atomic E-state index is 12.5. The second-order valence-corrected chi connectivity index (χ2v) is 7.52. The lowest BCUT2D eigenvalue weighted by Crippen LogP contribution is -2.48. The first-order valence-corrected chi connectivity index (χ1v) is 10.5.